The second kappa shape index (κ2) is 7.47. The number of carbonyl (C=O) groups is 2. The number of nitrogens with one attached hydrogen (secondary N) is 1. The summed E-state index contributed by atoms with van der Waals surface area (Å²) in [5.41, 5.74) is 2.43. The lowest BCUT2D eigenvalue weighted by molar-refractivity contribution is 0.0787. The Morgan fingerprint density at radius 3 is 2.67 bits per heavy atom. The number of pyridine rings is 1. The molecular formula is C21H22FN3O2. The van der Waals surface area contributed by atoms with Crippen LogP contribution in [0.2, 0.25) is 0 Å². The summed E-state index contributed by atoms with van der Waals surface area (Å²) in [4.78, 5) is 31.3. The van der Waals surface area contributed by atoms with E-state index in [1.165, 1.54) is 6.07 Å². The molecule has 2 heterocycles. The zero-order valence-corrected chi connectivity index (χ0v) is 15.1. The maximum absolute atomic E-state index is 13.5. The van der Waals surface area contributed by atoms with Gasteiger partial charge in [-0.2, -0.15) is 0 Å². The van der Waals surface area contributed by atoms with Crippen LogP contribution in [-0.2, 0) is 6.42 Å². The topological polar surface area (TPSA) is 62.3 Å². The van der Waals surface area contributed by atoms with Crippen molar-refractivity contribution in [2.24, 2.45) is 0 Å². The fourth-order valence-electron chi connectivity index (χ4n) is 3.93. The van der Waals surface area contributed by atoms with Crippen molar-refractivity contribution in [3.63, 3.8) is 0 Å². The van der Waals surface area contributed by atoms with Gasteiger partial charge in [0.05, 0.1) is 6.04 Å². The predicted molar refractivity (Wildman–Crippen MR) is 98.9 cm³/mol. The third-order valence-electron chi connectivity index (χ3n) is 5.32. The molecule has 1 aliphatic heterocycles. The summed E-state index contributed by atoms with van der Waals surface area (Å²) in [5.74, 6) is -0.690. The molecule has 1 aliphatic carbocycles. The van der Waals surface area contributed by atoms with Gasteiger partial charge in [0.15, 0.2) is 0 Å². The number of amides is 2. The molecule has 1 fully saturated rings. The van der Waals surface area contributed by atoms with Crippen molar-refractivity contribution in [1.82, 2.24) is 15.2 Å². The highest BCUT2D eigenvalue weighted by Gasteiger charge is 2.25. The Morgan fingerprint density at radius 1 is 1.07 bits per heavy atom. The van der Waals surface area contributed by atoms with Crippen molar-refractivity contribution in [2.75, 3.05) is 13.1 Å². The van der Waals surface area contributed by atoms with Crippen LogP contribution in [0.4, 0.5) is 4.39 Å². The summed E-state index contributed by atoms with van der Waals surface area (Å²) in [6, 6.07) is 9.51. The van der Waals surface area contributed by atoms with Crippen molar-refractivity contribution < 1.29 is 14.0 Å². The molecule has 1 saturated heterocycles. The van der Waals surface area contributed by atoms with E-state index in [-0.39, 0.29) is 29.4 Å². The minimum Gasteiger partial charge on any atom is -0.344 e. The molecule has 6 heteroatoms. The largest absolute Gasteiger partial charge is 0.344 e. The van der Waals surface area contributed by atoms with Gasteiger partial charge in [-0.1, -0.05) is 12.1 Å². The first-order valence-electron chi connectivity index (χ1n) is 9.47. The van der Waals surface area contributed by atoms with E-state index in [4.69, 9.17) is 0 Å². The number of fused-ring (bicyclic) bond motifs is 1. The number of hydrogen-bond acceptors (Lipinski definition) is 3. The van der Waals surface area contributed by atoms with Crippen LogP contribution in [0.15, 0.2) is 36.4 Å². The van der Waals surface area contributed by atoms with Crippen molar-refractivity contribution >= 4 is 11.8 Å². The van der Waals surface area contributed by atoms with Crippen molar-refractivity contribution in [1.29, 1.82) is 0 Å². The van der Waals surface area contributed by atoms with Crippen LogP contribution in [0.1, 0.15) is 63.8 Å². The lowest BCUT2D eigenvalue weighted by Crippen LogP contribution is -2.33. The molecule has 4 rings (SSSR count). The molecule has 5 nitrogen and oxygen atoms in total. The summed E-state index contributed by atoms with van der Waals surface area (Å²) in [6.45, 7) is 1.48. The molecule has 1 aromatic carbocycles. The third kappa shape index (κ3) is 3.70. The lowest BCUT2D eigenvalue weighted by atomic mass is 9.87. The maximum atomic E-state index is 13.5. The Hall–Kier alpha value is -2.76. The summed E-state index contributed by atoms with van der Waals surface area (Å²) >= 11 is 0. The fraction of sp³-hybridized carbons (Fsp3) is 0.381. The molecule has 0 spiro atoms. The molecule has 0 radical (unpaired) electrons. The number of carbonyl (C=O) groups excluding carboxylic acids is 2. The van der Waals surface area contributed by atoms with E-state index in [1.807, 2.05) is 0 Å². The quantitative estimate of drug-likeness (QED) is 0.906. The average Bonchev–Trinajstić information content (AvgIpc) is 3.22. The molecule has 2 aliphatic rings. The molecule has 0 bridgehead atoms. The third-order valence-corrected chi connectivity index (χ3v) is 5.32. The summed E-state index contributed by atoms with van der Waals surface area (Å²) < 4.78 is 13.5. The van der Waals surface area contributed by atoms with Crippen LogP contribution in [-0.4, -0.2) is 34.8 Å². The highest BCUT2D eigenvalue weighted by atomic mass is 19.1. The zero-order valence-electron chi connectivity index (χ0n) is 15.1. The molecule has 2 amide bonds. The smallest absolute Gasteiger partial charge is 0.272 e. The molecule has 1 N–H and O–H groups in total. The minimum absolute atomic E-state index is 0.124. The van der Waals surface area contributed by atoms with E-state index in [9.17, 15) is 14.0 Å². The number of aromatic nitrogens is 1. The Labute approximate surface area is 157 Å². The van der Waals surface area contributed by atoms with Gasteiger partial charge in [0, 0.05) is 13.1 Å². The van der Waals surface area contributed by atoms with Crippen LogP contribution in [0.25, 0.3) is 0 Å². The Morgan fingerprint density at radius 2 is 1.85 bits per heavy atom. The van der Waals surface area contributed by atoms with Crippen LogP contribution in [0.3, 0.4) is 0 Å². The van der Waals surface area contributed by atoms with Gasteiger partial charge in [-0.15, -0.1) is 0 Å². The Balaban J connectivity index is 1.51. The highest BCUT2D eigenvalue weighted by molar-refractivity contribution is 5.96. The normalized spacial score (nSPS) is 18.9. The first kappa shape index (κ1) is 17.6. The standard InChI is InChI=1S/C21H22FN3O2/c22-15-9-10-16-14(13-15)5-3-6-17(16)24-20(26)18-7-4-8-19(23-18)21(27)25-11-1-2-12-25/h4,7-10,13,17H,1-3,5-6,11-12H2,(H,24,26). The lowest BCUT2D eigenvalue weighted by Gasteiger charge is -2.26. The SMILES string of the molecule is O=C(NC1CCCc2cc(F)ccc21)c1cccc(C(=O)N2CCCC2)n1. The van der Waals surface area contributed by atoms with Gasteiger partial charge in [0.25, 0.3) is 11.8 Å². The summed E-state index contributed by atoms with van der Waals surface area (Å²) in [7, 11) is 0. The molecular weight excluding hydrogens is 345 g/mol. The van der Waals surface area contributed by atoms with Gasteiger partial charge in [-0.25, -0.2) is 9.37 Å². The molecule has 1 atom stereocenters. The van der Waals surface area contributed by atoms with E-state index in [0.29, 0.717) is 5.69 Å². The van der Waals surface area contributed by atoms with Crippen molar-refractivity contribution in [2.45, 2.75) is 38.1 Å². The number of aryl methyl sites for hydroxylation is 1. The second-order valence-electron chi connectivity index (χ2n) is 7.17. The van der Waals surface area contributed by atoms with Gasteiger partial charge in [0.2, 0.25) is 0 Å². The molecule has 2 aromatic rings. The summed E-state index contributed by atoms with van der Waals surface area (Å²) in [5, 5.41) is 3.00. The molecule has 0 saturated carbocycles. The van der Waals surface area contributed by atoms with Crippen LogP contribution in [0.5, 0.6) is 0 Å². The number of likely N-dealkylation sites (tertiary alicyclic amines) is 1. The summed E-state index contributed by atoms with van der Waals surface area (Å²) in [6.07, 6.45) is 4.53. The fourth-order valence-corrected chi connectivity index (χ4v) is 3.93. The highest BCUT2D eigenvalue weighted by Crippen LogP contribution is 2.30. The number of halogens is 1. The first-order chi connectivity index (χ1) is 13.1. The van der Waals surface area contributed by atoms with E-state index in [2.05, 4.69) is 10.3 Å². The van der Waals surface area contributed by atoms with E-state index in [1.54, 1.807) is 35.2 Å². The van der Waals surface area contributed by atoms with Crippen LogP contribution in [0, 0.1) is 5.82 Å². The number of benzene rings is 1. The van der Waals surface area contributed by atoms with Gasteiger partial charge in [-0.05, 0) is 67.5 Å². The van der Waals surface area contributed by atoms with Crippen LogP contribution >= 0.6 is 0 Å². The van der Waals surface area contributed by atoms with Gasteiger partial charge in [-0.3, -0.25) is 9.59 Å². The number of nitrogens with zero attached hydrogens (tertiary/aromatic N) is 2. The van der Waals surface area contributed by atoms with Gasteiger partial charge < -0.3 is 10.2 Å². The number of hydrogen-bond donors (Lipinski definition) is 1. The number of rotatable bonds is 3. The molecule has 140 valence electrons. The second-order valence-corrected chi connectivity index (χ2v) is 7.17. The van der Waals surface area contributed by atoms with E-state index in [0.717, 1.165) is 56.3 Å². The molecule has 1 unspecified atom stereocenters. The predicted octanol–water partition coefficient (Wildman–Crippen LogP) is 3.26. The van der Waals surface area contributed by atoms with Crippen molar-refractivity contribution in [3.8, 4) is 0 Å². The first-order valence-corrected chi connectivity index (χ1v) is 9.47. The van der Waals surface area contributed by atoms with E-state index >= 15 is 0 Å². The Bertz CT molecular complexity index is 877. The van der Waals surface area contributed by atoms with Gasteiger partial charge >= 0.3 is 0 Å². The van der Waals surface area contributed by atoms with Crippen molar-refractivity contribution in [3.05, 3.63) is 64.7 Å². The molecule has 1 aromatic heterocycles. The van der Waals surface area contributed by atoms with Gasteiger partial charge in [0.1, 0.15) is 17.2 Å². The zero-order chi connectivity index (χ0) is 18.8. The maximum Gasteiger partial charge on any atom is 0.272 e. The van der Waals surface area contributed by atoms with E-state index < -0.39 is 0 Å². The minimum atomic E-state index is -0.312. The monoisotopic (exact) mass is 367 g/mol. The molecule has 27 heavy (non-hydrogen) atoms. The van der Waals surface area contributed by atoms with Crippen LogP contribution < -0.4 is 5.32 Å². The Kier molecular flexibility index (Phi) is 4.88. The average molecular weight is 367 g/mol.